The molecule has 0 spiro atoms. The lowest BCUT2D eigenvalue weighted by Crippen LogP contribution is -2.21. The van der Waals surface area contributed by atoms with Crippen LogP contribution in [0.5, 0.6) is 0 Å². The molecule has 0 amide bonds. The molecule has 2 aliphatic rings. The van der Waals surface area contributed by atoms with E-state index in [-0.39, 0.29) is 5.56 Å². The number of nitrogens with two attached hydrogens (primary N) is 3. The molecule has 6 heteroatoms. The van der Waals surface area contributed by atoms with E-state index in [0.717, 1.165) is 52.6 Å². The van der Waals surface area contributed by atoms with Crippen molar-refractivity contribution in [1.82, 2.24) is 4.90 Å². The Hall–Kier alpha value is -3.22. The van der Waals surface area contributed by atoms with Crippen molar-refractivity contribution >= 4 is 0 Å². The SMILES string of the molecule is C=C(CCC)CC(N)c1cc(-c2c(C)cccc2C)cc(F)c1F.C=C/C(N)=C/C=C(/C)N.CN1CC2C(C1)C2(C)C. The summed E-state index contributed by atoms with van der Waals surface area (Å²) in [7, 11) is 2.22. The van der Waals surface area contributed by atoms with Crippen LogP contribution < -0.4 is 17.2 Å². The normalized spacial score (nSPS) is 20.0. The first-order chi connectivity index (χ1) is 19.6. The third kappa shape index (κ3) is 9.40. The van der Waals surface area contributed by atoms with Crippen molar-refractivity contribution in [3.8, 4) is 11.1 Å². The van der Waals surface area contributed by atoms with Crippen LogP contribution in [-0.4, -0.2) is 25.0 Å². The van der Waals surface area contributed by atoms with E-state index in [1.54, 1.807) is 31.2 Å². The average molecular weight is 579 g/mol. The van der Waals surface area contributed by atoms with E-state index >= 15 is 0 Å². The quantitative estimate of drug-likeness (QED) is 0.218. The van der Waals surface area contributed by atoms with Gasteiger partial charge in [0.25, 0.3) is 0 Å². The van der Waals surface area contributed by atoms with Gasteiger partial charge < -0.3 is 22.1 Å². The second kappa shape index (κ2) is 15.3. The monoisotopic (exact) mass is 578 g/mol. The van der Waals surface area contributed by atoms with Gasteiger partial charge >= 0.3 is 0 Å². The van der Waals surface area contributed by atoms with Crippen LogP contribution in [0.1, 0.15) is 69.7 Å². The standard InChI is InChI=1S/C21H25F2N.C8H15N.C7H12N2/c1-5-7-13(2)10-19(24)17-11-16(12-18(22)21(17)23)20-14(3)8-6-9-15(20)4;1-8(2)6-4-9(3)5-7(6)8;1-3-7(9)5-4-6(2)8/h6,8-9,11-12,19H,2,5,7,10,24H2,1,3-4H3;6-7H,4-5H2,1-3H3;3-5H,1,8-9H2,2H3/b;;6-4-,7-5-. The summed E-state index contributed by atoms with van der Waals surface area (Å²) >= 11 is 0. The molecule has 3 unspecified atom stereocenters. The van der Waals surface area contributed by atoms with Gasteiger partial charge in [0.1, 0.15) is 0 Å². The molecule has 1 saturated heterocycles. The fourth-order valence-electron chi connectivity index (χ4n) is 5.80. The first-order valence-electron chi connectivity index (χ1n) is 14.8. The second-order valence-corrected chi connectivity index (χ2v) is 12.5. The Morgan fingerprint density at radius 3 is 2.14 bits per heavy atom. The Kier molecular flexibility index (Phi) is 12.7. The zero-order chi connectivity index (χ0) is 31.8. The summed E-state index contributed by atoms with van der Waals surface area (Å²) in [6, 6.07) is 8.22. The highest BCUT2D eigenvalue weighted by molar-refractivity contribution is 5.71. The zero-order valence-electron chi connectivity index (χ0n) is 26.7. The fourth-order valence-corrected chi connectivity index (χ4v) is 5.80. The van der Waals surface area contributed by atoms with Crippen molar-refractivity contribution in [2.24, 2.45) is 34.5 Å². The number of halogens is 2. The number of hydrogen-bond acceptors (Lipinski definition) is 4. The molecule has 2 fully saturated rings. The fraction of sp³-hybridized carbons (Fsp3) is 0.444. The van der Waals surface area contributed by atoms with Gasteiger partial charge in [-0.05, 0) is 111 Å². The second-order valence-electron chi connectivity index (χ2n) is 12.5. The molecule has 4 nitrogen and oxygen atoms in total. The van der Waals surface area contributed by atoms with Crippen LogP contribution in [0.4, 0.5) is 8.78 Å². The largest absolute Gasteiger partial charge is 0.402 e. The van der Waals surface area contributed by atoms with E-state index in [1.807, 2.05) is 32.0 Å². The van der Waals surface area contributed by atoms with Crippen molar-refractivity contribution in [1.29, 1.82) is 0 Å². The number of allylic oxidation sites excluding steroid dienone is 4. The maximum Gasteiger partial charge on any atom is 0.163 e. The molecule has 2 aromatic rings. The summed E-state index contributed by atoms with van der Waals surface area (Å²) < 4.78 is 28.5. The average Bonchev–Trinajstić information content (AvgIpc) is 3.20. The third-order valence-electron chi connectivity index (χ3n) is 8.42. The van der Waals surface area contributed by atoms with Crippen molar-refractivity contribution in [3.05, 3.63) is 107 Å². The molecule has 1 aliphatic carbocycles. The van der Waals surface area contributed by atoms with Gasteiger partial charge in [-0.1, -0.05) is 64.1 Å². The highest BCUT2D eigenvalue weighted by atomic mass is 19.2. The van der Waals surface area contributed by atoms with Crippen LogP contribution in [0.25, 0.3) is 11.1 Å². The van der Waals surface area contributed by atoms with E-state index < -0.39 is 17.7 Å². The molecule has 1 heterocycles. The summed E-state index contributed by atoms with van der Waals surface area (Å²) in [6.07, 6.45) is 7.28. The molecule has 230 valence electrons. The first kappa shape index (κ1) is 35.0. The Labute approximate surface area is 253 Å². The van der Waals surface area contributed by atoms with Crippen LogP contribution >= 0.6 is 0 Å². The minimum atomic E-state index is -0.860. The third-order valence-corrected chi connectivity index (χ3v) is 8.42. The molecule has 4 rings (SSSR count). The molecule has 0 radical (unpaired) electrons. The summed E-state index contributed by atoms with van der Waals surface area (Å²) in [5.74, 6) is 0.341. The number of nitrogens with zero attached hydrogens (tertiary/aromatic N) is 1. The number of rotatable bonds is 8. The minimum Gasteiger partial charge on any atom is -0.402 e. The molecule has 1 saturated carbocycles. The molecular formula is C36H52F2N4. The number of hydrogen-bond donors (Lipinski definition) is 3. The Morgan fingerprint density at radius 2 is 1.67 bits per heavy atom. The van der Waals surface area contributed by atoms with E-state index in [9.17, 15) is 8.78 Å². The molecule has 42 heavy (non-hydrogen) atoms. The van der Waals surface area contributed by atoms with Gasteiger partial charge in [0, 0.05) is 36.1 Å². The van der Waals surface area contributed by atoms with Gasteiger partial charge in [-0.2, -0.15) is 0 Å². The number of aryl methyl sites for hydroxylation is 2. The van der Waals surface area contributed by atoms with E-state index in [1.165, 1.54) is 19.2 Å². The topological polar surface area (TPSA) is 81.3 Å². The lowest BCUT2D eigenvalue weighted by Gasteiger charge is -2.18. The van der Waals surface area contributed by atoms with E-state index in [2.05, 4.69) is 45.9 Å². The molecule has 0 bridgehead atoms. The number of benzene rings is 2. The highest BCUT2D eigenvalue weighted by Crippen LogP contribution is 2.61. The van der Waals surface area contributed by atoms with E-state index in [0.29, 0.717) is 23.1 Å². The number of piperidine rings is 1. The Morgan fingerprint density at radius 1 is 1.10 bits per heavy atom. The molecule has 6 N–H and O–H groups in total. The van der Waals surface area contributed by atoms with Crippen molar-refractivity contribution < 1.29 is 8.78 Å². The molecule has 1 aliphatic heterocycles. The minimum absolute atomic E-state index is 0.213. The maximum atomic E-state index is 14.3. The molecular weight excluding hydrogens is 526 g/mol. The summed E-state index contributed by atoms with van der Waals surface area (Å²) in [5, 5.41) is 0. The summed E-state index contributed by atoms with van der Waals surface area (Å²) in [4.78, 5) is 2.45. The van der Waals surface area contributed by atoms with Crippen LogP contribution in [-0.2, 0) is 0 Å². The van der Waals surface area contributed by atoms with Crippen molar-refractivity contribution in [3.63, 3.8) is 0 Å². The van der Waals surface area contributed by atoms with Crippen molar-refractivity contribution in [2.75, 3.05) is 20.1 Å². The van der Waals surface area contributed by atoms with Gasteiger partial charge in [0.05, 0.1) is 0 Å². The van der Waals surface area contributed by atoms with Crippen LogP contribution in [0, 0.1) is 42.7 Å². The maximum absolute atomic E-state index is 14.3. The predicted molar refractivity (Wildman–Crippen MR) is 176 cm³/mol. The van der Waals surface area contributed by atoms with Gasteiger partial charge in [-0.15, -0.1) is 0 Å². The van der Waals surface area contributed by atoms with Crippen LogP contribution in [0.15, 0.2) is 78.7 Å². The van der Waals surface area contributed by atoms with Gasteiger partial charge in [0.2, 0.25) is 0 Å². The summed E-state index contributed by atoms with van der Waals surface area (Å²) in [6.45, 7) is 22.7. The van der Waals surface area contributed by atoms with Crippen LogP contribution in [0.3, 0.4) is 0 Å². The molecule has 3 atom stereocenters. The Bertz CT molecular complexity index is 1270. The van der Waals surface area contributed by atoms with Gasteiger partial charge in [0.15, 0.2) is 11.6 Å². The summed E-state index contributed by atoms with van der Waals surface area (Å²) in [5.41, 5.74) is 23.7. The number of fused-ring (bicyclic) bond motifs is 1. The predicted octanol–water partition coefficient (Wildman–Crippen LogP) is 8.08. The van der Waals surface area contributed by atoms with Gasteiger partial charge in [-0.25, -0.2) is 8.78 Å². The Balaban J connectivity index is 0.000000277. The molecule has 2 aromatic carbocycles. The lowest BCUT2D eigenvalue weighted by molar-refractivity contribution is 0.306. The zero-order valence-corrected chi connectivity index (χ0v) is 26.7. The lowest BCUT2D eigenvalue weighted by atomic mass is 9.91. The first-order valence-corrected chi connectivity index (χ1v) is 14.8. The van der Waals surface area contributed by atoms with Gasteiger partial charge in [-0.3, -0.25) is 0 Å². The molecule has 0 aromatic heterocycles. The highest BCUT2D eigenvalue weighted by Gasteiger charge is 2.61. The van der Waals surface area contributed by atoms with Crippen LogP contribution in [0.2, 0.25) is 0 Å². The van der Waals surface area contributed by atoms with E-state index in [4.69, 9.17) is 17.2 Å². The van der Waals surface area contributed by atoms with Crippen molar-refractivity contribution in [2.45, 2.75) is 66.8 Å². The number of likely N-dealkylation sites (tertiary alicyclic amines) is 1. The smallest absolute Gasteiger partial charge is 0.163 e.